The van der Waals surface area contributed by atoms with Crippen molar-refractivity contribution in [2.24, 2.45) is 17.2 Å². The smallest absolute Gasteiger partial charge is 0.328 e. The zero-order chi connectivity index (χ0) is 15.4. The summed E-state index contributed by atoms with van der Waals surface area (Å²) in [6.07, 6.45) is 4.23. The summed E-state index contributed by atoms with van der Waals surface area (Å²) in [7, 11) is 1.30. The van der Waals surface area contributed by atoms with Gasteiger partial charge in [-0.1, -0.05) is 6.42 Å². The van der Waals surface area contributed by atoms with Crippen molar-refractivity contribution in [1.29, 1.82) is 0 Å². The molecular weight excluding hydrogens is 260 g/mol. The van der Waals surface area contributed by atoms with Crippen molar-refractivity contribution < 1.29 is 14.3 Å². The fourth-order valence-electron chi connectivity index (χ4n) is 1.80. The quantitative estimate of drug-likeness (QED) is 0.291. The maximum absolute atomic E-state index is 11.9. The molecular formula is C13H28N4O3. The minimum Gasteiger partial charge on any atom is -0.467 e. The second-order valence-corrected chi connectivity index (χ2v) is 4.76. The van der Waals surface area contributed by atoms with Crippen LogP contribution in [0.1, 0.15) is 38.5 Å². The van der Waals surface area contributed by atoms with E-state index in [4.69, 9.17) is 17.2 Å². The first-order valence-corrected chi connectivity index (χ1v) is 7.10. The molecule has 2 atom stereocenters. The van der Waals surface area contributed by atoms with Crippen molar-refractivity contribution in [3.05, 3.63) is 0 Å². The zero-order valence-corrected chi connectivity index (χ0v) is 12.3. The van der Waals surface area contributed by atoms with Gasteiger partial charge in [0.1, 0.15) is 6.04 Å². The Morgan fingerprint density at radius 3 is 2.10 bits per heavy atom. The maximum Gasteiger partial charge on any atom is 0.328 e. The highest BCUT2D eigenvalue weighted by Crippen LogP contribution is 2.04. The molecule has 118 valence electrons. The number of ether oxygens (including phenoxy) is 1. The van der Waals surface area contributed by atoms with E-state index in [0.717, 1.165) is 25.7 Å². The molecule has 0 radical (unpaired) electrons. The first-order chi connectivity index (χ1) is 9.56. The van der Waals surface area contributed by atoms with E-state index in [0.29, 0.717) is 25.9 Å². The Labute approximate surface area is 120 Å². The topological polar surface area (TPSA) is 133 Å². The Kier molecular flexibility index (Phi) is 10.9. The van der Waals surface area contributed by atoms with Crippen LogP contribution in [0.2, 0.25) is 0 Å². The second kappa shape index (κ2) is 11.6. The Morgan fingerprint density at radius 2 is 1.60 bits per heavy atom. The van der Waals surface area contributed by atoms with E-state index in [2.05, 4.69) is 10.1 Å². The molecule has 0 aliphatic rings. The summed E-state index contributed by atoms with van der Waals surface area (Å²) in [5, 5.41) is 2.64. The highest BCUT2D eigenvalue weighted by molar-refractivity contribution is 5.87. The van der Waals surface area contributed by atoms with Gasteiger partial charge in [-0.15, -0.1) is 0 Å². The summed E-state index contributed by atoms with van der Waals surface area (Å²) in [6, 6.07) is -1.28. The van der Waals surface area contributed by atoms with Gasteiger partial charge in [-0.25, -0.2) is 4.79 Å². The van der Waals surface area contributed by atoms with Gasteiger partial charge in [-0.05, 0) is 45.2 Å². The Balaban J connectivity index is 4.25. The van der Waals surface area contributed by atoms with Crippen molar-refractivity contribution in [2.75, 3.05) is 20.2 Å². The average Bonchev–Trinajstić information content (AvgIpc) is 2.45. The molecule has 7 nitrogen and oxygen atoms in total. The number of hydrogen-bond acceptors (Lipinski definition) is 6. The largest absolute Gasteiger partial charge is 0.467 e. The van der Waals surface area contributed by atoms with E-state index >= 15 is 0 Å². The van der Waals surface area contributed by atoms with Crippen LogP contribution in [0.15, 0.2) is 0 Å². The molecule has 0 aliphatic carbocycles. The first-order valence-electron chi connectivity index (χ1n) is 7.10. The third-order valence-corrected chi connectivity index (χ3v) is 3.06. The number of rotatable bonds is 11. The van der Waals surface area contributed by atoms with Gasteiger partial charge in [0, 0.05) is 0 Å². The van der Waals surface area contributed by atoms with Crippen LogP contribution in [-0.2, 0) is 14.3 Å². The predicted octanol–water partition coefficient (Wildman–Crippen LogP) is -0.770. The van der Waals surface area contributed by atoms with Gasteiger partial charge < -0.3 is 27.3 Å². The summed E-state index contributed by atoms with van der Waals surface area (Å²) in [6.45, 7) is 1.14. The van der Waals surface area contributed by atoms with Gasteiger partial charge in [0.15, 0.2) is 0 Å². The molecule has 0 aromatic carbocycles. The number of methoxy groups -OCH3 is 1. The van der Waals surface area contributed by atoms with Crippen molar-refractivity contribution in [2.45, 2.75) is 50.6 Å². The second-order valence-electron chi connectivity index (χ2n) is 4.76. The summed E-state index contributed by atoms with van der Waals surface area (Å²) in [5.41, 5.74) is 16.6. The van der Waals surface area contributed by atoms with Crippen LogP contribution in [0, 0.1) is 0 Å². The lowest BCUT2D eigenvalue weighted by Gasteiger charge is -2.19. The van der Waals surface area contributed by atoms with E-state index in [9.17, 15) is 9.59 Å². The zero-order valence-electron chi connectivity index (χ0n) is 12.3. The van der Waals surface area contributed by atoms with Crippen LogP contribution in [0.5, 0.6) is 0 Å². The number of amides is 1. The number of carbonyl (C=O) groups is 2. The van der Waals surface area contributed by atoms with Crippen molar-refractivity contribution in [1.82, 2.24) is 5.32 Å². The lowest BCUT2D eigenvalue weighted by molar-refractivity contribution is -0.145. The molecule has 0 saturated carbocycles. The van der Waals surface area contributed by atoms with Crippen LogP contribution in [-0.4, -0.2) is 44.2 Å². The predicted molar refractivity (Wildman–Crippen MR) is 77.7 cm³/mol. The molecule has 7 heteroatoms. The average molecular weight is 288 g/mol. The van der Waals surface area contributed by atoms with Gasteiger partial charge >= 0.3 is 5.97 Å². The Hall–Kier alpha value is -1.18. The van der Waals surface area contributed by atoms with Crippen LogP contribution in [0.4, 0.5) is 0 Å². The number of nitrogens with one attached hydrogen (secondary N) is 1. The number of hydrogen-bond donors (Lipinski definition) is 4. The summed E-state index contributed by atoms with van der Waals surface area (Å²) in [4.78, 5) is 23.5. The standard InChI is InChI=1S/C13H28N4O3/c1-20-13(19)11(7-3-5-9-15)17-12(18)10(16)6-2-4-8-14/h10-11H,2-9,14-16H2,1H3,(H,17,18)/t10-,11-/m0/s1. The number of nitrogens with two attached hydrogens (primary N) is 3. The number of unbranched alkanes of at least 4 members (excludes halogenated alkanes) is 2. The van der Waals surface area contributed by atoms with Crippen LogP contribution in [0.3, 0.4) is 0 Å². The van der Waals surface area contributed by atoms with E-state index in [1.165, 1.54) is 7.11 Å². The fraction of sp³-hybridized carbons (Fsp3) is 0.846. The summed E-state index contributed by atoms with van der Waals surface area (Å²) in [5.74, 6) is -0.783. The normalized spacial score (nSPS) is 13.6. The van der Waals surface area contributed by atoms with Crippen LogP contribution >= 0.6 is 0 Å². The van der Waals surface area contributed by atoms with E-state index < -0.39 is 18.1 Å². The molecule has 0 fully saturated rings. The van der Waals surface area contributed by atoms with Crippen LogP contribution in [0.25, 0.3) is 0 Å². The monoisotopic (exact) mass is 288 g/mol. The van der Waals surface area contributed by atoms with Gasteiger partial charge in [-0.2, -0.15) is 0 Å². The SMILES string of the molecule is COC(=O)[C@H](CCCCN)NC(=O)[C@@H](N)CCCCN. The van der Waals surface area contributed by atoms with E-state index in [-0.39, 0.29) is 5.91 Å². The lowest BCUT2D eigenvalue weighted by Crippen LogP contribution is -2.48. The minimum atomic E-state index is -0.653. The van der Waals surface area contributed by atoms with Gasteiger partial charge in [0.05, 0.1) is 13.2 Å². The minimum absolute atomic E-state index is 0.329. The van der Waals surface area contributed by atoms with E-state index in [1.807, 2.05) is 0 Å². The van der Waals surface area contributed by atoms with Crippen molar-refractivity contribution in [3.63, 3.8) is 0 Å². The molecule has 0 spiro atoms. The summed E-state index contributed by atoms with van der Waals surface area (Å²) >= 11 is 0. The molecule has 0 unspecified atom stereocenters. The Bertz CT molecular complexity index is 287. The molecule has 0 heterocycles. The molecule has 20 heavy (non-hydrogen) atoms. The first kappa shape index (κ1) is 18.8. The highest BCUT2D eigenvalue weighted by Gasteiger charge is 2.23. The third-order valence-electron chi connectivity index (χ3n) is 3.06. The van der Waals surface area contributed by atoms with Gasteiger partial charge in [-0.3, -0.25) is 4.79 Å². The fourth-order valence-corrected chi connectivity index (χ4v) is 1.80. The van der Waals surface area contributed by atoms with Gasteiger partial charge in [0.2, 0.25) is 5.91 Å². The molecule has 1 amide bonds. The molecule has 0 saturated heterocycles. The van der Waals surface area contributed by atoms with Gasteiger partial charge in [0.25, 0.3) is 0 Å². The number of esters is 1. The Morgan fingerprint density at radius 1 is 1.05 bits per heavy atom. The highest BCUT2D eigenvalue weighted by atomic mass is 16.5. The van der Waals surface area contributed by atoms with Crippen molar-refractivity contribution in [3.8, 4) is 0 Å². The summed E-state index contributed by atoms with van der Waals surface area (Å²) < 4.78 is 4.68. The molecule has 0 aliphatic heterocycles. The van der Waals surface area contributed by atoms with E-state index in [1.54, 1.807) is 0 Å². The molecule has 0 bridgehead atoms. The van der Waals surface area contributed by atoms with Crippen LogP contribution < -0.4 is 22.5 Å². The lowest BCUT2D eigenvalue weighted by atomic mass is 10.1. The molecule has 0 aromatic heterocycles. The maximum atomic E-state index is 11.9. The molecule has 0 aromatic rings. The molecule has 0 rings (SSSR count). The number of carbonyl (C=O) groups excluding carboxylic acids is 2. The van der Waals surface area contributed by atoms with Crippen molar-refractivity contribution >= 4 is 11.9 Å². The third kappa shape index (κ3) is 8.08. The molecule has 7 N–H and O–H groups in total.